The zero-order valence-electron chi connectivity index (χ0n) is 21.9. The molecule has 1 aliphatic heterocycles. The fraction of sp³-hybridized carbons (Fsp3) is 0.429. The topological polar surface area (TPSA) is 104 Å². The lowest BCUT2D eigenvalue weighted by Crippen LogP contribution is -2.49. The van der Waals surface area contributed by atoms with Crippen molar-refractivity contribution in [2.45, 2.75) is 38.5 Å². The van der Waals surface area contributed by atoms with E-state index in [2.05, 4.69) is 4.98 Å². The first-order chi connectivity index (χ1) is 19.2. The Kier molecular flexibility index (Phi) is 9.44. The number of ether oxygens (including phenoxy) is 2. The molecular formula is C28H31F4N3O5. The van der Waals surface area contributed by atoms with Crippen LogP contribution in [-0.4, -0.2) is 59.5 Å². The molecule has 1 atom stereocenters. The number of aliphatic hydroxyl groups excluding tert-OH is 1. The summed E-state index contributed by atoms with van der Waals surface area (Å²) in [5.41, 5.74) is 1.81. The molecule has 12 heteroatoms. The molecule has 1 fully saturated rings. The van der Waals surface area contributed by atoms with Gasteiger partial charge in [0.1, 0.15) is 24.3 Å². The van der Waals surface area contributed by atoms with E-state index in [0.717, 1.165) is 0 Å². The van der Waals surface area contributed by atoms with Crippen LogP contribution in [-0.2, 0) is 11.4 Å². The highest BCUT2D eigenvalue weighted by Gasteiger charge is 2.41. The summed E-state index contributed by atoms with van der Waals surface area (Å²) in [7, 11) is 1.49. The highest BCUT2D eigenvalue weighted by Crippen LogP contribution is 2.41. The molecule has 216 valence electrons. The second-order valence-electron chi connectivity index (χ2n) is 9.85. The first-order valence-corrected chi connectivity index (χ1v) is 12.9. The molecule has 0 radical (unpaired) electrons. The molecule has 4 rings (SSSR count). The van der Waals surface area contributed by atoms with Gasteiger partial charge in [-0.2, -0.15) is 0 Å². The average molecular weight is 566 g/mol. The van der Waals surface area contributed by atoms with Crippen LogP contribution < -0.4 is 15.0 Å². The van der Waals surface area contributed by atoms with Crippen molar-refractivity contribution in [3.63, 3.8) is 0 Å². The highest BCUT2D eigenvalue weighted by atomic mass is 19.1. The van der Waals surface area contributed by atoms with Gasteiger partial charge in [-0.05, 0) is 57.0 Å². The van der Waals surface area contributed by atoms with Crippen molar-refractivity contribution in [3.8, 4) is 11.5 Å². The highest BCUT2D eigenvalue weighted by molar-refractivity contribution is 5.85. The van der Waals surface area contributed by atoms with Gasteiger partial charge in [-0.25, -0.2) is 23.0 Å². The van der Waals surface area contributed by atoms with Crippen molar-refractivity contribution in [3.05, 3.63) is 65.1 Å². The molecule has 1 saturated heterocycles. The summed E-state index contributed by atoms with van der Waals surface area (Å²) in [5.74, 6) is -4.09. The Morgan fingerprint density at radius 1 is 1.18 bits per heavy atom. The lowest BCUT2D eigenvalue weighted by molar-refractivity contribution is -0.143. The fourth-order valence-electron chi connectivity index (χ4n) is 5.26. The lowest BCUT2D eigenvalue weighted by atomic mass is 9.73. The number of hydrogen-bond donors (Lipinski definition) is 3. The number of alkyl halides is 1. The summed E-state index contributed by atoms with van der Waals surface area (Å²) < 4.78 is 67.0. The summed E-state index contributed by atoms with van der Waals surface area (Å²) >= 11 is 0. The first kappa shape index (κ1) is 29.5. The number of methoxy groups -OCH3 is 1. The zero-order chi connectivity index (χ0) is 28.9. The molecule has 40 heavy (non-hydrogen) atoms. The van der Waals surface area contributed by atoms with Gasteiger partial charge in [-0.1, -0.05) is 0 Å². The van der Waals surface area contributed by atoms with Gasteiger partial charge in [0, 0.05) is 41.4 Å². The minimum atomic E-state index is -1.53. The second-order valence-corrected chi connectivity index (χ2v) is 9.85. The summed E-state index contributed by atoms with van der Waals surface area (Å²) in [6.07, 6.45) is 0.553. The van der Waals surface area contributed by atoms with Gasteiger partial charge < -0.3 is 14.6 Å². The SMILES string of the molecule is COc1ccc2ncc(CO)c(C(F)CCC3(C(=O)NO)CCN(CCOc4c(F)cc(F)cc4F)CC3)c2c1. The minimum Gasteiger partial charge on any atom is -0.497 e. The Morgan fingerprint density at radius 3 is 2.50 bits per heavy atom. The smallest absolute Gasteiger partial charge is 0.249 e. The molecule has 0 bridgehead atoms. The van der Waals surface area contributed by atoms with Crippen LogP contribution in [0.25, 0.3) is 10.9 Å². The van der Waals surface area contributed by atoms with E-state index in [1.165, 1.54) is 13.3 Å². The normalized spacial score (nSPS) is 16.1. The number of carbonyl (C=O) groups is 1. The van der Waals surface area contributed by atoms with Gasteiger partial charge >= 0.3 is 0 Å². The third-order valence-corrected chi connectivity index (χ3v) is 7.57. The number of pyridine rings is 1. The number of rotatable bonds is 11. The summed E-state index contributed by atoms with van der Waals surface area (Å²) in [6.45, 7) is 0.566. The molecular weight excluding hydrogens is 534 g/mol. The number of hydroxylamine groups is 1. The fourth-order valence-corrected chi connectivity index (χ4v) is 5.26. The molecule has 1 aromatic heterocycles. The molecule has 1 amide bonds. The average Bonchev–Trinajstić information content (AvgIpc) is 2.96. The van der Waals surface area contributed by atoms with Gasteiger partial charge in [0.05, 0.1) is 24.6 Å². The van der Waals surface area contributed by atoms with Gasteiger partial charge in [0.15, 0.2) is 17.4 Å². The minimum absolute atomic E-state index is 0.0526. The quantitative estimate of drug-likeness (QED) is 0.177. The monoisotopic (exact) mass is 565 g/mol. The van der Waals surface area contributed by atoms with Crippen LogP contribution >= 0.6 is 0 Å². The van der Waals surface area contributed by atoms with Crippen molar-refractivity contribution >= 4 is 16.8 Å². The Labute approximate surface area is 228 Å². The van der Waals surface area contributed by atoms with E-state index in [4.69, 9.17) is 9.47 Å². The number of halogens is 4. The molecule has 2 aromatic carbocycles. The van der Waals surface area contributed by atoms with Crippen LogP contribution in [0.15, 0.2) is 36.5 Å². The molecule has 8 nitrogen and oxygen atoms in total. The number of likely N-dealkylation sites (tertiary alicyclic amines) is 1. The second kappa shape index (κ2) is 12.8. The van der Waals surface area contributed by atoms with E-state index in [9.17, 15) is 28.3 Å². The maximum absolute atomic E-state index is 15.8. The van der Waals surface area contributed by atoms with E-state index in [0.29, 0.717) is 60.3 Å². The summed E-state index contributed by atoms with van der Waals surface area (Å²) in [5, 5.41) is 19.8. The summed E-state index contributed by atoms with van der Waals surface area (Å²) in [4.78, 5) is 19.0. The molecule has 3 N–H and O–H groups in total. The largest absolute Gasteiger partial charge is 0.497 e. The molecule has 0 spiro atoms. The van der Waals surface area contributed by atoms with Crippen LogP contribution in [0.3, 0.4) is 0 Å². The van der Waals surface area contributed by atoms with E-state index < -0.39 is 47.3 Å². The Hall–Kier alpha value is -3.48. The number of nitrogens with one attached hydrogen (secondary N) is 1. The number of benzene rings is 2. The summed E-state index contributed by atoms with van der Waals surface area (Å²) in [6, 6.07) is 6.13. The molecule has 3 aromatic rings. The maximum Gasteiger partial charge on any atom is 0.249 e. The number of nitrogens with zero attached hydrogens (tertiary/aromatic N) is 2. The Morgan fingerprint density at radius 2 is 1.88 bits per heavy atom. The van der Waals surface area contributed by atoms with Crippen molar-refractivity contribution in [2.75, 3.05) is 33.4 Å². The van der Waals surface area contributed by atoms with Crippen LogP contribution in [0.5, 0.6) is 11.5 Å². The van der Waals surface area contributed by atoms with Crippen molar-refractivity contribution in [1.82, 2.24) is 15.4 Å². The lowest BCUT2D eigenvalue weighted by Gasteiger charge is -2.40. The molecule has 0 aliphatic carbocycles. The van der Waals surface area contributed by atoms with Crippen molar-refractivity contribution in [1.29, 1.82) is 0 Å². The third kappa shape index (κ3) is 6.29. The van der Waals surface area contributed by atoms with Gasteiger partial charge in [0.2, 0.25) is 5.91 Å². The number of amides is 1. The zero-order valence-corrected chi connectivity index (χ0v) is 21.9. The van der Waals surface area contributed by atoms with Crippen LogP contribution in [0.4, 0.5) is 17.6 Å². The molecule has 1 unspecified atom stereocenters. The van der Waals surface area contributed by atoms with Crippen LogP contribution in [0.2, 0.25) is 0 Å². The van der Waals surface area contributed by atoms with Crippen molar-refractivity contribution in [2.24, 2.45) is 5.41 Å². The number of hydrogen-bond acceptors (Lipinski definition) is 7. The standard InChI is InChI=1S/C28H31F4N3O5/c1-39-19-2-3-24-20(14-19)25(17(16-36)15-33-24)21(30)4-5-28(27(37)34-38)6-8-35(9-7-28)10-11-40-26-22(31)12-18(29)13-23(26)32/h2-3,12-15,21,36,38H,4-11,16H2,1H3,(H,34,37). The number of aliphatic hydroxyl groups is 1. The van der Waals surface area contributed by atoms with E-state index >= 15 is 4.39 Å². The first-order valence-electron chi connectivity index (χ1n) is 12.9. The van der Waals surface area contributed by atoms with Gasteiger partial charge in [0.25, 0.3) is 0 Å². The maximum atomic E-state index is 15.8. The Bertz CT molecular complexity index is 1320. The van der Waals surface area contributed by atoms with Gasteiger partial charge in [-0.15, -0.1) is 0 Å². The molecule has 0 saturated carbocycles. The predicted molar refractivity (Wildman–Crippen MR) is 137 cm³/mol. The molecule has 2 heterocycles. The number of piperidine rings is 1. The van der Waals surface area contributed by atoms with Crippen molar-refractivity contribution < 1.29 is 42.1 Å². The van der Waals surface area contributed by atoms with Gasteiger partial charge in [-0.3, -0.25) is 19.9 Å². The number of aromatic nitrogens is 1. The number of carbonyl (C=O) groups excluding carboxylic acids is 1. The van der Waals surface area contributed by atoms with Crippen LogP contribution in [0.1, 0.15) is 43.0 Å². The Balaban J connectivity index is 1.42. The van der Waals surface area contributed by atoms with E-state index in [1.54, 1.807) is 23.7 Å². The number of fused-ring (bicyclic) bond motifs is 1. The third-order valence-electron chi connectivity index (χ3n) is 7.57. The molecule has 1 aliphatic rings. The van der Waals surface area contributed by atoms with E-state index in [-0.39, 0.29) is 31.6 Å². The van der Waals surface area contributed by atoms with E-state index in [1.807, 2.05) is 4.90 Å². The predicted octanol–water partition coefficient (Wildman–Crippen LogP) is 4.61. The van der Waals surface area contributed by atoms with Crippen LogP contribution in [0, 0.1) is 22.9 Å².